The molecule has 2 aliphatic rings. The maximum atomic E-state index is 4.83. The highest BCUT2D eigenvalue weighted by molar-refractivity contribution is 5.75. The van der Waals surface area contributed by atoms with Gasteiger partial charge in [0.05, 0.1) is 17.4 Å². The molecule has 0 spiro atoms. The summed E-state index contributed by atoms with van der Waals surface area (Å²) in [5.74, 6) is 2.71. The normalized spacial score (nSPS) is 16.7. The van der Waals surface area contributed by atoms with Gasteiger partial charge in [-0.05, 0) is 49.8 Å². The summed E-state index contributed by atoms with van der Waals surface area (Å²) in [7, 11) is 0. The van der Waals surface area contributed by atoms with Crippen LogP contribution in [0.3, 0.4) is 0 Å². The van der Waals surface area contributed by atoms with Crippen LogP contribution in [-0.4, -0.2) is 19.9 Å². The second-order valence-electron chi connectivity index (χ2n) is 6.59. The van der Waals surface area contributed by atoms with Gasteiger partial charge in [0.2, 0.25) is 0 Å². The van der Waals surface area contributed by atoms with E-state index < -0.39 is 0 Å². The summed E-state index contributed by atoms with van der Waals surface area (Å²) in [6, 6.07) is 6.33. The van der Waals surface area contributed by atoms with Crippen molar-refractivity contribution in [3.63, 3.8) is 0 Å². The van der Waals surface area contributed by atoms with Crippen molar-refractivity contribution in [1.82, 2.24) is 19.9 Å². The molecule has 0 bridgehead atoms. The van der Waals surface area contributed by atoms with E-state index in [0.717, 1.165) is 42.1 Å². The third kappa shape index (κ3) is 2.36. The molecule has 0 saturated heterocycles. The Balaban J connectivity index is 1.43. The minimum absolute atomic E-state index is 0.600. The van der Waals surface area contributed by atoms with Crippen LogP contribution in [0.5, 0.6) is 0 Å². The molecule has 1 saturated carbocycles. The number of imidazole rings is 1. The Morgan fingerprint density at radius 1 is 1.17 bits per heavy atom. The van der Waals surface area contributed by atoms with Crippen LogP contribution in [-0.2, 0) is 19.4 Å². The predicted octanol–water partition coefficient (Wildman–Crippen LogP) is 3.33. The Labute approximate surface area is 134 Å². The zero-order chi connectivity index (χ0) is 15.2. The number of hydrogen-bond acceptors (Lipinski definition) is 4. The molecule has 5 heteroatoms. The molecule has 116 valence electrons. The predicted molar refractivity (Wildman–Crippen MR) is 89.5 cm³/mol. The zero-order valence-corrected chi connectivity index (χ0v) is 13.0. The number of nitrogens with zero attached hydrogens (tertiary/aromatic N) is 3. The van der Waals surface area contributed by atoms with Gasteiger partial charge in [-0.25, -0.2) is 15.0 Å². The number of nitrogens with one attached hydrogen (secondary N) is 2. The molecule has 2 heterocycles. The van der Waals surface area contributed by atoms with Crippen LogP contribution in [0.2, 0.25) is 0 Å². The molecular weight excluding hydrogens is 286 g/mol. The molecular formula is C18H19N5. The maximum Gasteiger partial charge on any atom is 0.134 e. The van der Waals surface area contributed by atoms with E-state index in [9.17, 15) is 0 Å². The van der Waals surface area contributed by atoms with Crippen LogP contribution in [0.25, 0.3) is 11.0 Å². The number of rotatable bonds is 4. The van der Waals surface area contributed by atoms with Gasteiger partial charge >= 0.3 is 0 Å². The SMILES string of the molecule is c1nc2ccc(CNc3nc(C4CC4)nc4c3CCC4)cc2[nH]1. The number of fused-ring (bicyclic) bond motifs is 2. The minimum atomic E-state index is 0.600. The lowest BCUT2D eigenvalue weighted by Gasteiger charge is -2.12. The fourth-order valence-electron chi connectivity index (χ4n) is 3.40. The highest BCUT2D eigenvalue weighted by Crippen LogP contribution is 2.40. The van der Waals surface area contributed by atoms with E-state index in [1.807, 2.05) is 0 Å². The number of benzene rings is 1. The van der Waals surface area contributed by atoms with Gasteiger partial charge in [-0.15, -0.1) is 0 Å². The molecule has 5 nitrogen and oxygen atoms in total. The van der Waals surface area contributed by atoms with E-state index >= 15 is 0 Å². The third-order valence-electron chi connectivity index (χ3n) is 4.84. The van der Waals surface area contributed by atoms with Gasteiger partial charge in [-0.2, -0.15) is 0 Å². The average Bonchev–Trinajstić information content (AvgIpc) is 3.13. The molecule has 3 aromatic rings. The summed E-state index contributed by atoms with van der Waals surface area (Å²) in [5, 5.41) is 3.56. The van der Waals surface area contributed by atoms with E-state index in [4.69, 9.17) is 9.97 Å². The number of aromatic nitrogens is 4. The van der Waals surface area contributed by atoms with Gasteiger partial charge in [0.15, 0.2) is 0 Å². The van der Waals surface area contributed by atoms with Crippen molar-refractivity contribution in [2.45, 2.75) is 44.6 Å². The fraction of sp³-hybridized carbons (Fsp3) is 0.389. The molecule has 5 rings (SSSR count). The van der Waals surface area contributed by atoms with Gasteiger partial charge in [0, 0.05) is 23.7 Å². The topological polar surface area (TPSA) is 66.5 Å². The first-order valence-electron chi connectivity index (χ1n) is 8.42. The highest BCUT2D eigenvalue weighted by Gasteiger charge is 2.29. The summed E-state index contributed by atoms with van der Waals surface area (Å²) in [6.45, 7) is 0.780. The molecule has 0 radical (unpaired) electrons. The quantitative estimate of drug-likeness (QED) is 0.776. The molecule has 0 aliphatic heterocycles. The second kappa shape index (κ2) is 5.05. The number of H-pyrrole nitrogens is 1. The number of aromatic amines is 1. The Hall–Kier alpha value is -2.43. The van der Waals surface area contributed by atoms with Crippen molar-refractivity contribution in [3.8, 4) is 0 Å². The summed E-state index contributed by atoms with van der Waals surface area (Å²) < 4.78 is 0. The van der Waals surface area contributed by atoms with Crippen LogP contribution in [0.15, 0.2) is 24.5 Å². The first-order chi connectivity index (χ1) is 11.4. The van der Waals surface area contributed by atoms with Crippen LogP contribution in [0.4, 0.5) is 5.82 Å². The van der Waals surface area contributed by atoms with Crippen molar-refractivity contribution in [3.05, 3.63) is 47.2 Å². The van der Waals surface area contributed by atoms with Crippen LogP contribution >= 0.6 is 0 Å². The van der Waals surface area contributed by atoms with Crippen LogP contribution in [0, 0.1) is 0 Å². The van der Waals surface area contributed by atoms with E-state index in [-0.39, 0.29) is 0 Å². The molecule has 0 atom stereocenters. The zero-order valence-electron chi connectivity index (χ0n) is 13.0. The van der Waals surface area contributed by atoms with Crippen LogP contribution in [0.1, 0.15) is 47.8 Å². The Kier molecular flexibility index (Phi) is 2.86. The van der Waals surface area contributed by atoms with Gasteiger partial charge in [-0.3, -0.25) is 0 Å². The Morgan fingerprint density at radius 2 is 2.13 bits per heavy atom. The smallest absolute Gasteiger partial charge is 0.134 e. The fourth-order valence-corrected chi connectivity index (χ4v) is 3.40. The van der Waals surface area contributed by atoms with Crippen molar-refractivity contribution in [2.24, 2.45) is 0 Å². The summed E-state index contributed by atoms with van der Waals surface area (Å²) in [6.07, 6.45) is 7.63. The van der Waals surface area contributed by atoms with E-state index in [2.05, 4.69) is 33.5 Å². The molecule has 1 aromatic carbocycles. The largest absolute Gasteiger partial charge is 0.366 e. The van der Waals surface area contributed by atoms with Crippen molar-refractivity contribution < 1.29 is 0 Å². The minimum Gasteiger partial charge on any atom is -0.366 e. The van der Waals surface area contributed by atoms with Gasteiger partial charge in [-0.1, -0.05) is 6.07 Å². The first-order valence-corrected chi connectivity index (χ1v) is 8.42. The Bertz CT molecular complexity index is 878. The van der Waals surface area contributed by atoms with Gasteiger partial charge in [0.25, 0.3) is 0 Å². The standard InChI is InChI=1S/C18H19N5/c1-2-13-14(3-1)22-17(12-5-6-12)23-18(13)19-9-11-4-7-15-16(8-11)21-10-20-15/h4,7-8,10,12H,1-3,5-6,9H2,(H,20,21)(H,19,22,23). The van der Waals surface area contributed by atoms with Gasteiger partial charge in [0.1, 0.15) is 11.6 Å². The molecule has 23 heavy (non-hydrogen) atoms. The lowest BCUT2D eigenvalue weighted by Crippen LogP contribution is -2.08. The lowest BCUT2D eigenvalue weighted by molar-refractivity contribution is 0.871. The first kappa shape index (κ1) is 13.0. The van der Waals surface area contributed by atoms with Gasteiger partial charge < -0.3 is 10.3 Å². The summed E-state index contributed by atoms with van der Waals surface area (Å²) >= 11 is 0. The summed E-state index contributed by atoms with van der Waals surface area (Å²) in [5.41, 5.74) is 5.93. The van der Waals surface area contributed by atoms with E-state index in [1.165, 1.54) is 36.1 Å². The highest BCUT2D eigenvalue weighted by atomic mass is 15.0. The van der Waals surface area contributed by atoms with Crippen LogP contribution < -0.4 is 5.32 Å². The molecule has 0 unspecified atom stereocenters. The number of hydrogen-bond donors (Lipinski definition) is 2. The molecule has 2 aliphatic carbocycles. The molecule has 2 N–H and O–H groups in total. The number of aryl methyl sites for hydroxylation is 1. The Morgan fingerprint density at radius 3 is 3.04 bits per heavy atom. The van der Waals surface area contributed by atoms with Crippen molar-refractivity contribution in [2.75, 3.05) is 5.32 Å². The molecule has 2 aromatic heterocycles. The van der Waals surface area contributed by atoms with E-state index in [0.29, 0.717) is 5.92 Å². The van der Waals surface area contributed by atoms with E-state index in [1.54, 1.807) is 6.33 Å². The monoisotopic (exact) mass is 305 g/mol. The second-order valence-corrected chi connectivity index (χ2v) is 6.59. The van der Waals surface area contributed by atoms with Crippen molar-refractivity contribution >= 4 is 16.9 Å². The number of anilines is 1. The average molecular weight is 305 g/mol. The van der Waals surface area contributed by atoms with Crippen molar-refractivity contribution in [1.29, 1.82) is 0 Å². The third-order valence-corrected chi connectivity index (χ3v) is 4.84. The maximum absolute atomic E-state index is 4.83. The molecule has 1 fully saturated rings. The summed E-state index contributed by atoms with van der Waals surface area (Å²) in [4.78, 5) is 17.1. The molecule has 0 amide bonds. The lowest BCUT2D eigenvalue weighted by atomic mass is 10.2.